The molecule has 0 heterocycles. The maximum atomic E-state index is 13.7. The minimum atomic E-state index is -0.233. The monoisotopic (exact) mass is 472 g/mol. The van der Waals surface area contributed by atoms with E-state index < -0.39 is 0 Å². The second-order valence-electron chi connectivity index (χ2n) is 8.71. The summed E-state index contributed by atoms with van der Waals surface area (Å²) in [6.45, 7) is 2.04. The maximum absolute atomic E-state index is 13.7. The molecule has 0 aliphatic heterocycles. The van der Waals surface area contributed by atoms with Crippen molar-refractivity contribution in [2.24, 2.45) is 5.92 Å². The van der Waals surface area contributed by atoms with Gasteiger partial charge in [0.05, 0.1) is 5.25 Å². The van der Waals surface area contributed by atoms with Crippen LogP contribution in [-0.2, 0) is 9.59 Å². The van der Waals surface area contributed by atoms with Crippen LogP contribution in [0.15, 0.2) is 89.8 Å². The molecular formula is C29H32N2O2S. The van der Waals surface area contributed by atoms with Crippen molar-refractivity contribution in [3.63, 3.8) is 0 Å². The molecule has 1 unspecified atom stereocenters. The van der Waals surface area contributed by atoms with E-state index >= 15 is 0 Å². The average molecular weight is 473 g/mol. The fourth-order valence-electron chi connectivity index (χ4n) is 4.40. The Kier molecular flexibility index (Phi) is 8.42. The second-order valence-corrected chi connectivity index (χ2v) is 9.98. The van der Waals surface area contributed by atoms with Gasteiger partial charge in [-0.15, -0.1) is 11.8 Å². The van der Waals surface area contributed by atoms with Crippen LogP contribution in [0, 0.1) is 5.92 Å². The summed E-state index contributed by atoms with van der Waals surface area (Å²) in [5.74, 6) is 0.314. The van der Waals surface area contributed by atoms with Crippen LogP contribution < -0.4 is 10.2 Å². The fourth-order valence-corrected chi connectivity index (χ4v) is 5.39. The summed E-state index contributed by atoms with van der Waals surface area (Å²) in [6.07, 6.45) is 6.20. The van der Waals surface area contributed by atoms with Crippen LogP contribution in [0.5, 0.6) is 0 Å². The van der Waals surface area contributed by atoms with E-state index in [2.05, 4.69) is 5.32 Å². The lowest BCUT2D eigenvalue weighted by molar-refractivity contribution is -0.120. The van der Waals surface area contributed by atoms with Crippen molar-refractivity contribution < 1.29 is 9.59 Å². The SMILES string of the molecule is CCC(Sc1ccc(NC(=O)C2CCCCC2)cc1)C(=O)N(c1ccccc1)c1ccccc1. The van der Waals surface area contributed by atoms with Gasteiger partial charge in [-0.3, -0.25) is 14.5 Å². The first kappa shape index (κ1) is 24.1. The maximum Gasteiger partial charge on any atom is 0.245 e. The van der Waals surface area contributed by atoms with Gasteiger partial charge in [0.25, 0.3) is 0 Å². The van der Waals surface area contributed by atoms with Gasteiger partial charge in [0, 0.05) is 27.9 Å². The summed E-state index contributed by atoms with van der Waals surface area (Å²) in [5, 5.41) is 2.83. The molecule has 0 spiro atoms. The van der Waals surface area contributed by atoms with E-state index in [9.17, 15) is 9.59 Å². The van der Waals surface area contributed by atoms with Gasteiger partial charge in [-0.2, -0.15) is 0 Å². The Labute approximate surface area is 206 Å². The van der Waals surface area contributed by atoms with Crippen LogP contribution in [0.3, 0.4) is 0 Å². The van der Waals surface area contributed by atoms with E-state index in [-0.39, 0.29) is 23.0 Å². The highest BCUT2D eigenvalue weighted by Gasteiger charge is 2.26. The third-order valence-electron chi connectivity index (χ3n) is 6.27. The van der Waals surface area contributed by atoms with Crippen molar-refractivity contribution in [3.05, 3.63) is 84.9 Å². The first-order chi connectivity index (χ1) is 16.7. The van der Waals surface area contributed by atoms with Crippen molar-refractivity contribution in [1.82, 2.24) is 0 Å². The highest BCUT2D eigenvalue weighted by Crippen LogP contribution is 2.33. The molecule has 176 valence electrons. The van der Waals surface area contributed by atoms with E-state index in [1.807, 2.05) is 91.9 Å². The minimum Gasteiger partial charge on any atom is -0.326 e. The standard InChI is InChI=1S/C29H32N2O2S/c1-2-27(29(33)31(24-14-8-4-9-15-24)25-16-10-5-11-17-25)34-26-20-18-23(19-21-26)30-28(32)22-12-6-3-7-13-22/h4-5,8-11,14-22,27H,2-3,6-7,12-13H2,1H3,(H,30,32). The number of para-hydroxylation sites is 2. The number of rotatable bonds is 8. The van der Waals surface area contributed by atoms with Crippen molar-refractivity contribution >= 4 is 40.6 Å². The predicted octanol–water partition coefficient (Wildman–Crippen LogP) is 7.44. The molecule has 1 N–H and O–H groups in total. The first-order valence-corrected chi connectivity index (χ1v) is 13.1. The molecule has 5 heteroatoms. The molecule has 1 fully saturated rings. The number of carbonyl (C=O) groups excluding carboxylic acids is 2. The highest BCUT2D eigenvalue weighted by molar-refractivity contribution is 8.00. The van der Waals surface area contributed by atoms with E-state index in [1.165, 1.54) is 6.42 Å². The number of carbonyl (C=O) groups is 2. The van der Waals surface area contributed by atoms with Gasteiger partial charge in [0.2, 0.25) is 11.8 Å². The lowest BCUT2D eigenvalue weighted by Crippen LogP contribution is -2.34. The van der Waals surface area contributed by atoms with Gasteiger partial charge in [-0.1, -0.05) is 62.6 Å². The van der Waals surface area contributed by atoms with Crippen molar-refractivity contribution in [3.8, 4) is 0 Å². The van der Waals surface area contributed by atoms with Gasteiger partial charge in [-0.25, -0.2) is 0 Å². The molecule has 1 aliphatic rings. The number of hydrogen-bond donors (Lipinski definition) is 1. The number of thioether (sulfide) groups is 1. The summed E-state index contributed by atoms with van der Waals surface area (Å²) in [7, 11) is 0. The summed E-state index contributed by atoms with van der Waals surface area (Å²) in [5.41, 5.74) is 2.53. The Bertz CT molecular complexity index is 1020. The third-order valence-corrected chi connectivity index (χ3v) is 7.64. The zero-order chi connectivity index (χ0) is 23.8. The van der Waals surface area contributed by atoms with Gasteiger partial charge in [-0.05, 0) is 67.8 Å². The van der Waals surface area contributed by atoms with E-state index in [4.69, 9.17) is 0 Å². The van der Waals surface area contributed by atoms with Crippen molar-refractivity contribution in [1.29, 1.82) is 0 Å². The Hall–Kier alpha value is -3.05. The average Bonchev–Trinajstić information content (AvgIpc) is 2.90. The van der Waals surface area contributed by atoms with Crippen LogP contribution >= 0.6 is 11.8 Å². The highest BCUT2D eigenvalue weighted by atomic mass is 32.2. The molecule has 1 atom stereocenters. The Morgan fingerprint density at radius 2 is 1.41 bits per heavy atom. The number of amides is 2. The van der Waals surface area contributed by atoms with Crippen molar-refractivity contribution in [2.45, 2.75) is 55.6 Å². The van der Waals surface area contributed by atoms with Crippen LogP contribution in [0.1, 0.15) is 45.4 Å². The second kappa shape index (κ2) is 11.9. The zero-order valence-electron chi connectivity index (χ0n) is 19.7. The number of nitrogens with zero attached hydrogens (tertiary/aromatic N) is 1. The molecule has 34 heavy (non-hydrogen) atoms. The molecule has 1 aliphatic carbocycles. The normalized spacial score (nSPS) is 14.9. The topological polar surface area (TPSA) is 49.4 Å². The van der Waals surface area contributed by atoms with Crippen molar-refractivity contribution in [2.75, 3.05) is 10.2 Å². The largest absolute Gasteiger partial charge is 0.326 e. The summed E-state index contributed by atoms with van der Waals surface area (Å²) in [6, 6.07) is 27.4. The Balaban J connectivity index is 1.46. The molecule has 2 amide bonds. The summed E-state index contributed by atoms with van der Waals surface area (Å²) >= 11 is 1.57. The number of anilines is 3. The van der Waals surface area contributed by atoms with Gasteiger partial charge >= 0.3 is 0 Å². The van der Waals surface area contributed by atoms with Gasteiger partial charge in [0.15, 0.2) is 0 Å². The molecule has 0 radical (unpaired) electrons. The molecule has 1 saturated carbocycles. The molecule has 0 bridgehead atoms. The smallest absolute Gasteiger partial charge is 0.245 e. The molecule has 0 aromatic heterocycles. The molecule has 0 saturated heterocycles. The molecule has 4 rings (SSSR count). The van der Waals surface area contributed by atoms with E-state index in [0.717, 1.165) is 47.6 Å². The lowest BCUT2D eigenvalue weighted by Gasteiger charge is -2.27. The minimum absolute atomic E-state index is 0.0552. The Morgan fingerprint density at radius 1 is 0.853 bits per heavy atom. The third kappa shape index (κ3) is 6.09. The van der Waals surface area contributed by atoms with Crippen LogP contribution in [0.2, 0.25) is 0 Å². The van der Waals surface area contributed by atoms with E-state index in [1.54, 1.807) is 16.7 Å². The fraction of sp³-hybridized carbons (Fsp3) is 0.310. The number of nitrogens with one attached hydrogen (secondary N) is 1. The zero-order valence-corrected chi connectivity index (χ0v) is 20.5. The molecule has 3 aromatic carbocycles. The first-order valence-electron chi connectivity index (χ1n) is 12.2. The number of hydrogen-bond acceptors (Lipinski definition) is 3. The molecule has 3 aromatic rings. The summed E-state index contributed by atoms with van der Waals surface area (Å²) in [4.78, 5) is 29.1. The molecular weight excluding hydrogens is 440 g/mol. The quantitative estimate of drug-likeness (QED) is 0.347. The lowest BCUT2D eigenvalue weighted by atomic mass is 9.88. The number of benzene rings is 3. The Morgan fingerprint density at radius 3 is 1.94 bits per heavy atom. The van der Waals surface area contributed by atoms with Gasteiger partial charge < -0.3 is 5.32 Å². The van der Waals surface area contributed by atoms with Gasteiger partial charge in [0.1, 0.15) is 0 Å². The summed E-state index contributed by atoms with van der Waals surface area (Å²) < 4.78 is 0. The predicted molar refractivity (Wildman–Crippen MR) is 142 cm³/mol. The van der Waals surface area contributed by atoms with Crippen LogP contribution in [0.4, 0.5) is 17.1 Å². The van der Waals surface area contributed by atoms with Crippen LogP contribution in [0.25, 0.3) is 0 Å². The van der Waals surface area contributed by atoms with E-state index in [0.29, 0.717) is 6.42 Å². The van der Waals surface area contributed by atoms with Crippen LogP contribution in [-0.4, -0.2) is 17.1 Å². The molecule has 4 nitrogen and oxygen atoms in total.